The predicted octanol–water partition coefficient (Wildman–Crippen LogP) is 3.08. The molecule has 0 spiro atoms. The van der Waals surface area contributed by atoms with Crippen LogP contribution < -0.4 is 10.6 Å². The van der Waals surface area contributed by atoms with Crippen molar-refractivity contribution in [2.45, 2.75) is 19.9 Å². The lowest BCUT2D eigenvalue weighted by molar-refractivity contribution is 0.871. The lowest BCUT2D eigenvalue weighted by Gasteiger charge is -2.15. The summed E-state index contributed by atoms with van der Waals surface area (Å²) in [6.45, 7) is 4.98. The van der Waals surface area contributed by atoms with Crippen molar-refractivity contribution in [1.29, 1.82) is 0 Å². The maximum atomic E-state index is 4.44. The Labute approximate surface area is 107 Å². The zero-order valence-electron chi connectivity index (χ0n) is 10.7. The second kappa shape index (κ2) is 6.00. The second-order valence-electron chi connectivity index (χ2n) is 4.10. The SMILES string of the molecule is CCNc1cncc(NC(C)c2ccccc2)n1. The van der Waals surface area contributed by atoms with E-state index in [-0.39, 0.29) is 6.04 Å². The average Bonchev–Trinajstić information content (AvgIpc) is 2.40. The number of hydrogen-bond acceptors (Lipinski definition) is 4. The van der Waals surface area contributed by atoms with Crippen molar-refractivity contribution < 1.29 is 0 Å². The number of nitrogens with one attached hydrogen (secondary N) is 2. The minimum atomic E-state index is 0.206. The van der Waals surface area contributed by atoms with E-state index in [1.54, 1.807) is 12.4 Å². The molecule has 18 heavy (non-hydrogen) atoms. The third-order valence-electron chi connectivity index (χ3n) is 2.66. The average molecular weight is 242 g/mol. The molecule has 2 aromatic rings. The first-order valence-corrected chi connectivity index (χ1v) is 6.17. The van der Waals surface area contributed by atoms with Crippen LogP contribution in [0, 0.1) is 0 Å². The molecule has 0 aliphatic rings. The Kier molecular flexibility index (Phi) is 4.12. The van der Waals surface area contributed by atoms with E-state index in [0.29, 0.717) is 0 Å². The van der Waals surface area contributed by atoms with Gasteiger partial charge >= 0.3 is 0 Å². The van der Waals surface area contributed by atoms with E-state index in [4.69, 9.17) is 0 Å². The van der Waals surface area contributed by atoms with E-state index in [1.165, 1.54) is 5.56 Å². The molecule has 1 aromatic carbocycles. The molecule has 2 N–H and O–H groups in total. The molecule has 1 aromatic heterocycles. The molecule has 0 aliphatic carbocycles. The summed E-state index contributed by atoms with van der Waals surface area (Å²) in [7, 11) is 0. The smallest absolute Gasteiger partial charge is 0.147 e. The van der Waals surface area contributed by atoms with E-state index in [9.17, 15) is 0 Å². The van der Waals surface area contributed by atoms with Crippen molar-refractivity contribution in [2.24, 2.45) is 0 Å². The normalized spacial score (nSPS) is 11.9. The summed E-state index contributed by atoms with van der Waals surface area (Å²) in [5.41, 5.74) is 1.23. The lowest BCUT2D eigenvalue weighted by atomic mass is 10.1. The summed E-state index contributed by atoms with van der Waals surface area (Å²) >= 11 is 0. The molecule has 0 amide bonds. The first kappa shape index (κ1) is 12.4. The van der Waals surface area contributed by atoms with Gasteiger partial charge in [-0.1, -0.05) is 30.3 Å². The first-order valence-electron chi connectivity index (χ1n) is 6.17. The molecule has 0 saturated carbocycles. The molecular formula is C14H18N4. The second-order valence-corrected chi connectivity index (χ2v) is 4.10. The summed E-state index contributed by atoms with van der Waals surface area (Å²) < 4.78 is 0. The Balaban J connectivity index is 2.07. The fraction of sp³-hybridized carbons (Fsp3) is 0.286. The Bertz CT molecular complexity index is 484. The monoisotopic (exact) mass is 242 g/mol. The highest BCUT2D eigenvalue weighted by Crippen LogP contribution is 2.17. The van der Waals surface area contributed by atoms with Gasteiger partial charge in [0, 0.05) is 12.6 Å². The standard InChI is InChI=1S/C14H18N4/c1-3-16-13-9-15-10-14(18-13)17-11(2)12-7-5-4-6-8-12/h4-11H,3H2,1-2H3,(H2,16,17,18). The quantitative estimate of drug-likeness (QED) is 0.846. The Morgan fingerprint density at radius 1 is 1.11 bits per heavy atom. The molecule has 1 heterocycles. The van der Waals surface area contributed by atoms with E-state index in [0.717, 1.165) is 18.2 Å². The maximum absolute atomic E-state index is 4.44. The third kappa shape index (κ3) is 3.20. The number of nitrogens with zero attached hydrogens (tertiary/aromatic N) is 2. The molecule has 1 unspecified atom stereocenters. The molecule has 1 atom stereocenters. The topological polar surface area (TPSA) is 49.8 Å². The zero-order chi connectivity index (χ0) is 12.8. The van der Waals surface area contributed by atoms with Gasteiger partial charge in [0.15, 0.2) is 0 Å². The van der Waals surface area contributed by atoms with Gasteiger partial charge in [-0.3, -0.25) is 4.98 Å². The molecule has 94 valence electrons. The van der Waals surface area contributed by atoms with E-state index in [1.807, 2.05) is 25.1 Å². The number of rotatable bonds is 5. The van der Waals surface area contributed by atoms with Crippen LogP contribution in [-0.4, -0.2) is 16.5 Å². The van der Waals surface area contributed by atoms with Crippen LogP contribution in [0.1, 0.15) is 25.5 Å². The molecular weight excluding hydrogens is 224 g/mol. The maximum Gasteiger partial charge on any atom is 0.147 e. The first-order chi connectivity index (χ1) is 8.79. The number of benzene rings is 1. The Morgan fingerprint density at radius 2 is 1.83 bits per heavy atom. The highest BCUT2D eigenvalue weighted by molar-refractivity contribution is 5.43. The van der Waals surface area contributed by atoms with Crippen molar-refractivity contribution in [2.75, 3.05) is 17.2 Å². The van der Waals surface area contributed by atoms with Crippen LogP contribution >= 0.6 is 0 Å². The van der Waals surface area contributed by atoms with Gasteiger partial charge < -0.3 is 10.6 Å². The molecule has 0 fully saturated rings. The molecule has 0 saturated heterocycles. The van der Waals surface area contributed by atoms with Gasteiger partial charge in [-0.25, -0.2) is 4.98 Å². The fourth-order valence-electron chi connectivity index (χ4n) is 1.75. The van der Waals surface area contributed by atoms with Crippen molar-refractivity contribution in [3.05, 3.63) is 48.3 Å². The molecule has 4 nitrogen and oxygen atoms in total. The van der Waals surface area contributed by atoms with Crippen LogP contribution in [0.25, 0.3) is 0 Å². The Hall–Kier alpha value is -2.10. The van der Waals surface area contributed by atoms with Gasteiger partial charge in [0.1, 0.15) is 11.6 Å². The van der Waals surface area contributed by atoms with Crippen LogP contribution in [0.2, 0.25) is 0 Å². The van der Waals surface area contributed by atoms with Crippen molar-refractivity contribution in [1.82, 2.24) is 9.97 Å². The third-order valence-corrected chi connectivity index (χ3v) is 2.66. The minimum Gasteiger partial charge on any atom is -0.369 e. The van der Waals surface area contributed by atoms with Crippen molar-refractivity contribution >= 4 is 11.6 Å². The van der Waals surface area contributed by atoms with E-state index in [2.05, 4.69) is 39.7 Å². The molecule has 0 aliphatic heterocycles. The van der Waals surface area contributed by atoms with Gasteiger partial charge in [-0.15, -0.1) is 0 Å². The summed E-state index contributed by atoms with van der Waals surface area (Å²) in [5.74, 6) is 1.58. The van der Waals surface area contributed by atoms with Gasteiger partial charge in [0.2, 0.25) is 0 Å². The van der Waals surface area contributed by atoms with Crippen molar-refractivity contribution in [3.8, 4) is 0 Å². The van der Waals surface area contributed by atoms with Gasteiger partial charge in [0.25, 0.3) is 0 Å². The Morgan fingerprint density at radius 3 is 2.56 bits per heavy atom. The van der Waals surface area contributed by atoms with Gasteiger partial charge in [-0.2, -0.15) is 0 Å². The molecule has 0 bridgehead atoms. The number of aromatic nitrogens is 2. The van der Waals surface area contributed by atoms with Crippen LogP contribution in [-0.2, 0) is 0 Å². The van der Waals surface area contributed by atoms with Crippen LogP contribution in [0.5, 0.6) is 0 Å². The highest BCUT2D eigenvalue weighted by atomic mass is 15.1. The van der Waals surface area contributed by atoms with Crippen molar-refractivity contribution in [3.63, 3.8) is 0 Å². The minimum absolute atomic E-state index is 0.206. The van der Waals surface area contributed by atoms with Gasteiger partial charge in [0.05, 0.1) is 12.4 Å². The highest BCUT2D eigenvalue weighted by Gasteiger charge is 2.05. The van der Waals surface area contributed by atoms with Crippen LogP contribution in [0.3, 0.4) is 0 Å². The van der Waals surface area contributed by atoms with Crippen LogP contribution in [0.15, 0.2) is 42.7 Å². The molecule has 2 rings (SSSR count). The summed E-state index contributed by atoms with van der Waals surface area (Å²) in [4.78, 5) is 8.61. The van der Waals surface area contributed by atoms with Gasteiger partial charge in [-0.05, 0) is 19.4 Å². The van der Waals surface area contributed by atoms with Crippen LogP contribution in [0.4, 0.5) is 11.6 Å². The summed E-state index contributed by atoms with van der Waals surface area (Å²) in [6.07, 6.45) is 3.46. The largest absolute Gasteiger partial charge is 0.369 e. The number of hydrogen-bond donors (Lipinski definition) is 2. The summed E-state index contributed by atoms with van der Waals surface area (Å²) in [6, 6.07) is 10.5. The molecule has 0 radical (unpaired) electrons. The summed E-state index contributed by atoms with van der Waals surface area (Å²) in [5, 5.41) is 6.49. The fourth-order valence-corrected chi connectivity index (χ4v) is 1.75. The number of anilines is 2. The van der Waals surface area contributed by atoms with E-state index < -0.39 is 0 Å². The molecule has 4 heteroatoms. The zero-order valence-corrected chi connectivity index (χ0v) is 10.7. The van der Waals surface area contributed by atoms with E-state index >= 15 is 0 Å². The predicted molar refractivity (Wildman–Crippen MR) is 74.7 cm³/mol. The lowest BCUT2D eigenvalue weighted by Crippen LogP contribution is -2.09.